The standard InChI is InChI=1S/C14H12BrN3O3S/c15-8-1-7-4-20-6-21-12(7)9(2-8)13-10-3-16-18-14(10)17-11(19)5-22-13/h1-3,13H,4-6H2,(H2,16,17,18,19). The Morgan fingerprint density at radius 3 is 3.18 bits per heavy atom. The summed E-state index contributed by atoms with van der Waals surface area (Å²) in [7, 11) is 0. The van der Waals surface area contributed by atoms with E-state index >= 15 is 0 Å². The molecule has 4 rings (SSSR count). The zero-order valence-electron chi connectivity index (χ0n) is 11.4. The van der Waals surface area contributed by atoms with E-state index < -0.39 is 0 Å². The molecule has 0 fully saturated rings. The van der Waals surface area contributed by atoms with E-state index in [0.717, 1.165) is 26.9 Å². The molecule has 1 unspecified atom stereocenters. The topological polar surface area (TPSA) is 76.2 Å². The Morgan fingerprint density at radius 1 is 1.36 bits per heavy atom. The van der Waals surface area contributed by atoms with E-state index in [1.54, 1.807) is 18.0 Å². The van der Waals surface area contributed by atoms with Crippen LogP contribution in [0.25, 0.3) is 0 Å². The van der Waals surface area contributed by atoms with Gasteiger partial charge in [0.1, 0.15) is 11.6 Å². The molecule has 3 heterocycles. The predicted molar refractivity (Wildman–Crippen MR) is 85.9 cm³/mol. The second-order valence-corrected chi connectivity index (χ2v) is 7.04. The molecule has 0 saturated heterocycles. The van der Waals surface area contributed by atoms with Gasteiger partial charge in [-0.05, 0) is 12.1 Å². The van der Waals surface area contributed by atoms with Gasteiger partial charge in [0.05, 0.1) is 23.8 Å². The summed E-state index contributed by atoms with van der Waals surface area (Å²) < 4.78 is 12.0. The zero-order chi connectivity index (χ0) is 15.1. The molecular weight excluding hydrogens is 370 g/mol. The minimum absolute atomic E-state index is 0.0305. The van der Waals surface area contributed by atoms with Crippen molar-refractivity contribution in [3.05, 3.63) is 39.5 Å². The van der Waals surface area contributed by atoms with Crippen LogP contribution >= 0.6 is 27.7 Å². The van der Waals surface area contributed by atoms with Gasteiger partial charge in [0.2, 0.25) is 5.91 Å². The molecule has 0 bridgehead atoms. The first-order valence-electron chi connectivity index (χ1n) is 6.70. The number of anilines is 1. The van der Waals surface area contributed by atoms with Crippen LogP contribution in [0.15, 0.2) is 22.8 Å². The van der Waals surface area contributed by atoms with Gasteiger partial charge in [0.25, 0.3) is 0 Å². The van der Waals surface area contributed by atoms with E-state index in [4.69, 9.17) is 9.47 Å². The highest BCUT2D eigenvalue weighted by molar-refractivity contribution is 9.10. The van der Waals surface area contributed by atoms with Crippen molar-refractivity contribution in [3.8, 4) is 5.75 Å². The maximum Gasteiger partial charge on any atom is 0.235 e. The molecule has 8 heteroatoms. The number of hydrogen-bond acceptors (Lipinski definition) is 5. The number of carbonyl (C=O) groups is 1. The molecular formula is C14H12BrN3O3S. The van der Waals surface area contributed by atoms with Crippen LogP contribution < -0.4 is 10.1 Å². The number of aromatic nitrogens is 2. The SMILES string of the molecule is O=C1CSC(c2cc(Br)cc3c2OCOC3)c2cn[nH]c2N1. The van der Waals surface area contributed by atoms with Gasteiger partial charge in [-0.2, -0.15) is 5.10 Å². The third kappa shape index (κ3) is 2.41. The molecule has 1 aromatic heterocycles. The maximum absolute atomic E-state index is 11.8. The van der Waals surface area contributed by atoms with Gasteiger partial charge in [-0.1, -0.05) is 15.9 Å². The monoisotopic (exact) mass is 381 g/mol. The lowest BCUT2D eigenvalue weighted by Gasteiger charge is -2.24. The van der Waals surface area contributed by atoms with E-state index in [-0.39, 0.29) is 18.0 Å². The summed E-state index contributed by atoms with van der Waals surface area (Å²) in [4.78, 5) is 11.8. The van der Waals surface area contributed by atoms with Crippen LogP contribution in [-0.4, -0.2) is 28.7 Å². The fraction of sp³-hybridized carbons (Fsp3) is 0.286. The van der Waals surface area contributed by atoms with Crippen LogP contribution in [0.2, 0.25) is 0 Å². The van der Waals surface area contributed by atoms with Crippen molar-refractivity contribution in [2.45, 2.75) is 11.9 Å². The van der Waals surface area contributed by atoms with Crippen LogP contribution in [0, 0.1) is 0 Å². The first-order valence-corrected chi connectivity index (χ1v) is 8.54. The second-order valence-electron chi connectivity index (χ2n) is 5.03. The molecule has 0 radical (unpaired) electrons. The fourth-order valence-corrected chi connectivity index (χ4v) is 4.31. The number of benzene rings is 1. The largest absolute Gasteiger partial charge is 0.467 e. The second kappa shape index (κ2) is 5.60. The van der Waals surface area contributed by atoms with Gasteiger partial charge in [-0.15, -0.1) is 11.8 Å². The van der Waals surface area contributed by atoms with Crippen LogP contribution in [0.1, 0.15) is 21.9 Å². The minimum atomic E-state index is -0.0360. The number of carbonyl (C=O) groups excluding carboxylic acids is 1. The summed E-state index contributed by atoms with van der Waals surface area (Å²) >= 11 is 5.10. The average molecular weight is 382 g/mol. The highest BCUT2D eigenvalue weighted by Gasteiger charge is 2.30. The number of rotatable bonds is 1. The summed E-state index contributed by atoms with van der Waals surface area (Å²) in [6, 6.07) is 4.04. The lowest BCUT2D eigenvalue weighted by atomic mass is 10.0. The van der Waals surface area contributed by atoms with Crippen molar-refractivity contribution < 1.29 is 14.3 Å². The number of H-pyrrole nitrogens is 1. The van der Waals surface area contributed by atoms with Crippen LogP contribution in [-0.2, 0) is 16.1 Å². The van der Waals surface area contributed by atoms with Gasteiger partial charge in [-0.25, -0.2) is 0 Å². The number of nitrogens with zero attached hydrogens (tertiary/aromatic N) is 1. The van der Waals surface area contributed by atoms with Gasteiger partial charge in [0.15, 0.2) is 6.79 Å². The summed E-state index contributed by atoms with van der Waals surface area (Å²) in [5.74, 6) is 1.84. The smallest absolute Gasteiger partial charge is 0.235 e. The van der Waals surface area contributed by atoms with E-state index in [1.807, 2.05) is 12.1 Å². The molecule has 0 saturated carbocycles. The Morgan fingerprint density at radius 2 is 2.27 bits per heavy atom. The number of fused-ring (bicyclic) bond motifs is 2. The normalized spacial score (nSPS) is 20.4. The molecule has 6 nitrogen and oxygen atoms in total. The Kier molecular flexibility index (Phi) is 3.59. The zero-order valence-corrected chi connectivity index (χ0v) is 13.8. The van der Waals surface area contributed by atoms with E-state index in [2.05, 4.69) is 31.4 Å². The average Bonchev–Trinajstić information content (AvgIpc) is 2.89. The van der Waals surface area contributed by atoms with Crippen molar-refractivity contribution in [3.63, 3.8) is 0 Å². The molecule has 1 atom stereocenters. The number of hydrogen-bond donors (Lipinski definition) is 2. The number of aromatic amines is 1. The lowest BCUT2D eigenvalue weighted by Crippen LogP contribution is -2.14. The van der Waals surface area contributed by atoms with Crippen molar-refractivity contribution in [1.82, 2.24) is 10.2 Å². The maximum atomic E-state index is 11.8. The third-order valence-corrected chi connectivity index (χ3v) is 5.31. The molecule has 2 N–H and O–H groups in total. The van der Waals surface area contributed by atoms with Crippen LogP contribution in [0.5, 0.6) is 5.75 Å². The Hall–Kier alpha value is -1.51. The predicted octanol–water partition coefficient (Wildman–Crippen LogP) is 2.81. The summed E-state index contributed by atoms with van der Waals surface area (Å²) in [5.41, 5.74) is 2.98. The van der Waals surface area contributed by atoms with Crippen LogP contribution in [0.4, 0.5) is 5.82 Å². The van der Waals surface area contributed by atoms with Gasteiger partial charge in [0, 0.05) is 21.2 Å². The Bertz CT molecular complexity index is 749. The minimum Gasteiger partial charge on any atom is -0.467 e. The first-order chi connectivity index (χ1) is 10.7. The fourth-order valence-electron chi connectivity index (χ4n) is 2.68. The lowest BCUT2D eigenvalue weighted by molar-refractivity contribution is -0.113. The van der Waals surface area contributed by atoms with Crippen molar-refractivity contribution in [2.75, 3.05) is 17.9 Å². The number of nitrogens with one attached hydrogen (secondary N) is 2. The summed E-state index contributed by atoms with van der Waals surface area (Å²) in [6.45, 7) is 0.767. The molecule has 114 valence electrons. The van der Waals surface area contributed by atoms with E-state index in [1.165, 1.54) is 0 Å². The quantitative estimate of drug-likeness (QED) is 0.793. The number of thioether (sulfide) groups is 1. The van der Waals surface area contributed by atoms with Gasteiger partial charge < -0.3 is 14.8 Å². The number of ether oxygens (including phenoxy) is 2. The highest BCUT2D eigenvalue weighted by Crippen LogP contribution is 2.46. The molecule has 2 aliphatic heterocycles. The van der Waals surface area contributed by atoms with Gasteiger partial charge >= 0.3 is 0 Å². The molecule has 1 amide bonds. The van der Waals surface area contributed by atoms with Crippen LogP contribution in [0.3, 0.4) is 0 Å². The first kappa shape index (κ1) is 14.1. The molecule has 22 heavy (non-hydrogen) atoms. The Labute approximate surface area is 139 Å². The van der Waals surface area contributed by atoms with Crippen molar-refractivity contribution in [2.24, 2.45) is 0 Å². The molecule has 0 aliphatic carbocycles. The van der Waals surface area contributed by atoms with E-state index in [9.17, 15) is 4.79 Å². The van der Waals surface area contributed by atoms with Crippen molar-refractivity contribution in [1.29, 1.82) is 0 Å². The molecule has 1 aromatic carbocycles. The Balaban J connectivity index is 1.85. The number of amides is 1. The molecule has 0 spiro atoms. The number of halogens is 1. The summed E-state index contributed by atoms with van der Waals surface area (Å²) in [6.07, 6.45) is 1.76. The van der Waals surface area contributed by atoms with Crippen molar-refractivity contribution >= 4 is 39.4 Å². The van der Waals surface area contributed by atoms with E-state index in [0.29, 0.717) is 18.2 Å². The van der Waals surface area contributed by atoms with Gasteiger partial charge in [-0.3, -0.25) is 9.89 Å². The summed E-state index contributed by atoms with van der Waals surface area (Å²) in [5, 5.41) is 9.72. The third-order valence-electron chi connectivity index (χ3n) is 3.58. The molecule has 2 aliphatic rings. The highest BCUT2D eigenvalue weighted by atomic mass is 79.9. The molecule has 2 aromatic rings.